The summed E-state index contributed by atoms with van der Waals surface area (Å²) >= 11 is 12.6. The predicted octanol–water partition coefficient (Wildman–Crippen LogP) is 3.67. The number of fused-ring (bicyclic) bond motifs is 1. The Morgan fingerprint density at radius 1 is 1.00 bits per heavy atom. The molecule has 3 heterocycles. The summed E-state index contributed by atoms with van der Waals surface area (Å²) in [6, 6.07) is 12.3. The second kappa shape index (κ2) is 13.1. The zero-order valence-corrected chi connectivity index (χ0v) is 25.6. The number of halogens is 2. The Morgan fingerprint density at radius 2 is 1.73 bits per heavy atom. The number of piperidine rings is 1. The summed E-state index contributed by atoms with van der Waals surface area (Å²) in [5.41, 5.74) is 0.794. The molecule has 2 N–H and O–H groups in total. The van der Waals surface area contributed by atoms with E-state index in [1.165, 1.54) is 13.2 Å². The number of urea groups is 1. The number of nitrogens with one attached hydrogen (secondary N) is 1. The van der Waals surface area contributed by atoms with Gasteiger partial charge in [-0.2, -0.15) is 0 Å². The molecule has 0 bridgehead atoms. The Hall–Kier alpha value is -4.29. The lowest BCUT2D eigenvalue weighted by molar-refractivity contribution is -0.133. The molecule has 1 saturated heterocycles. The Labute approximate surface area is 263 Å². The molecule has 12 nitrogen and oxygen atoms in total. The quantitative estimate of drug-likeness (QED) is 0.403. The number of carboxylic acid groups (broad SMARTS) is 1. The molecule has 2 aromatic carbocycles. The standard InChI is InChI=1S/C30H32Cl2N6O6/c1-34(30(43)44)15-16-38-27(40)22(21-6-4-7-23(31)26(21)32)17-36(29(38)42)18-25(39)35-12-10-20(11-13-35)37-14-9-19-5-2-3-8-24(19)33-28(37)41/h2-8,17,20H,9-16,18H2,1H3,(H,33,41)(H,43,44). The SMILES string of the molecule is CN(CCn1c(=O)c(-c2cccc(Cl)c2Cl)cn(CC(=O)N2CCC(N3CCc4ccccc4NC3=O)CC2)c1=O)C(=O)O. The first-order valence-corrected chi connectivity index (χ1v) is 15.0. The van der Waals surface area contributed by atoms with Crippen LogP contribution in [0.2, 0.25) is 10.0 Å². The summed E-state index contributed by atoms with van der Waals surface area (Å²) in [6.07, 6.45) is 1.97. The predicted molar refractivity (Wildman–Crippen MR) is 167 cm³/mol. The molecular formula is C30H32Cl2N6O6. The third kappa shape index (κ3) is 6.46. The van der Waals surface area contributed by atoms with Gasteiger partial charge in [0, 0.05) is 63.3 Å². The van der Waals surface area contributed by atoms with E-state index in [-0.39, 0.29) is 58.8 Å². The van der Waals surface area contributed by atoms with Crippen molar-refractivity contribution in [1.82, 2.24) is 23.8 Å². The van der Waals surface area contributed by atoms with Gasteiger partial charge in [0.1, 0.15) is 6.54 Å². The van der Waals surface area contributed by atoms with E-state index in [0.717, 1.165) is 31.7 Å². The van der Waals surface area contributed by atoms with Crippen LogP contribution in [0.4, 0.5) is 15.3 Å². The van der Waals surface area contributed by atoms with Crippen molar-refractivity contribution in [3.05, 3.63) is 85.1 Å². The van der Waals surface area contributed by atoms with Crippen molar-refractivity contribution < 1.29 is 19.5 Å². The second-order valence-corrected chi connectivity index (χ2v) is 11.6. The molecule has 1 fully saturated rings. The van der Waals surface area contributed by atoms with Gasteiger partial charge >= 0.3 is 17.8 Å². The maximum Gasteiger partial charge on any atom is 0.407 e. The number of carbonyl (C=O) groups excluding carboxylic acids is 2. The van der Waals surface area contributed by atoms with E-state index in [4.69, 9.17) is 23.2 Å². The number of likely N-dealkylation sites (tertiary alicyclic amines) is 1. The van der Waals surface area contributed by atoms with Crippen LogP contribution in [0, 0.1) is 0 Å². The van der Waals surface area contributed by atoms with Crippen molar-refractivity contribution >= 4 is 46.9 Å². The van der Waals surface area contributed by atoms with Gasteiger partial charge in [0.05, 0.1) is 15.6 Å². The number of anilines is 1. The van der Waals surface area contributed by atoms with Gasteiger partial charge in [-0.05, 0) is 37.0 Å². The number of rotatable bonds is 7. The van der Waals surface area contributed by atoms with Gasteiger partial charge in [0.2, 0.25) is 5.91 Å². The monoisotopic (exact) mass is 642 g/mol. The van der Waals surface area contributed by atoms with Crippen LogP contribution in [0.5, 0.6) is 0 Å². The van der Waals surface area contributed by atoms with Crippen LogP contribution in [0.1, 0.15) is 18.4 Å². The van der Waals surface area contributed by atoms with Gasteiger partial charge in [-0.25, -0.2) is 14.4 Å². The largest absolute Gasteiger partial charge is 0.465 e. The fraction of sp³-hybridized carbons (Fsp3) is 0.367. The number of aromatic nitrogens is 2. The summed E-state index contributed by atoms with van der Waals surface area (Å²) < 4.78 is 2.05. The molecule has 0 unspecified atom stereocenters. The lowest BCUT2D eigenvalue weighted by Crippen LogP contribution is -2.51. The lowest BCUT2D eigenvalue weighted by atomic mass is 10.0. The summed E-state index contributed by atoms with van der Waals surface area (Å²) in [6.45, 7) is 0.658. The summed E-state index contributed by atoms with van der Waals surface area (Å²) in [4.78, 5) is 69.0. The van der Waals surface area contributed by atoms with E-state index in [0.29, 0.717) is 32.5 Å². The summed E-state index contributed by atoms with van der Waals surface area (Å²) in [5, 5.41) is 12.5. The number of hydrogen-bond acceptors (Lipinski definition) is 5. The Morgan fingerprint density at radius 3 is 2.45 bits per heavy atom. The minimum atomic E-state index is -1.21. The highest BCUT2D eigenvalue weighted by molar-refractivity contribution is 6.43. The molecule has 0 atom stereocenters. The molecule has 1 aromatic heterocycles. The smallest absolute Gasteiger partial charge is 0.407 e. The highest BCUT2D eigenvalue weighted by atomic mass is 35.5. The molecular weight excluding hydrogens is 611 g/mol. The third-order valence-corrected chi connectivity index (χ3v) is 8.99. The van der Waals surface area contributed by atoms with Crippen LogP contribution in [0.15, 0.2) is 58.3 Å². The van der Waals surface area contributed by atoms with Crippen LogP contribution >= 0.6 is 23.2 Å². The van der Waals surface area contributed by atoms with E-state index in [1.807, 2.05) is 29.2 Å². The normalized spacial score (nSPS) is 15.4. The van der Waals surface area contributed by atoms with Crippen molar-refractivity contribution in [1.29, 1.82) is 0 Å². The fourth-order valence-electron chi connectivity index (χ4n) is 5.62. The van der Waals surface area contributed by atoms with Gasteiger partial charge in [-0.15, -0.1) is 0 Å². The molecule has 2 aliphatic heterocycles. The summed E-state index contributed by atoms with van der Waals surface area (Å²) in [7, 11) is 1.32. The Bertz CT molecular complexity index is 1710. The lowest BCUT2D eigenvalue weighted by Gasteiger charge is -2.38. The number of hydrogen-bond donors (Lipinski definition) is 2. The van der Waals surface area contributed by atoms with Crippen LogP contribution in [0.25, 0.3) is 11.1 Å². The average Bonchev–Trinajstić information content (AvgIpc) is 3.18. The fourth-order valence-corrected chi connectivity index (χ4v) is 6.02. The molecule has 3 aromatic rings. The molecule has 0 spiro atoms. The molecule has 0 aliphatic carbocycles. The van der Waals surface area contributed by atoms with Crippen molar-refractivity contribution in [3.8, 4) is 11.1 Å². The maximum atomic E-state index is 13.4. The molecule has 14 heteroatoms. The first-order valence-electron chi connectivity index (χ1n) is 14.2. The van der Waals surface area contributed by atoms with Gasteiger partial charge < -0.3 is 25.1 Å². The van der Waals surface area contributed by atoms with Crippen LogP contribution in [-0.4, -0.2) is 86.2 Å². The number of amides is 4. The minimum Gasteiger partial charge on any atom is -0.465 e. The molecule has 5 rings (SSSR count). The van der Waals surface area contributed by atoms with E-state index in [9.17, 15) is 29.1 Å². The zero-order valence-electron chi connectivity index (χ0n) is 24.0. The van der Waals surface area contributed by atoms with E-state index in [2.05, 4.69) is 5.32 Å². The van der Waals surface area contributed by atoms with Crippen molar-refractivity contribution in [2.45, 2.75) is 38.4 Å². The second-order valence-electron chi connectivity index (χ2n) is 10.9. The Kier molecular flexibility index (Phi) is 9.31. The molecule has 4 amide bonds. The van der Waals surface area contributed by atoms with Gasteiger partial charge in [-0.3, -0.25) is 18.7 Å². The number of carbonyl (C=O) groups is 3. The molecule has 2 aliphatic rings. The number of likely N-dealkylation sites (N-methyl/N-ethyl adjacent to an activating group) is 1. The van der Waals surface area contributed by atoms with Crippen molar-refractivity contribution in [2.24, 2.45) is 0 Å². The van der Waals surface area contributed by atoms with E-state index >= 15 is 0 Å². The van der Waals surface area contributed by atoms with E-state index in [1.54, 1.807) is 23.1 Å². The number of para-hydroxylation sites is 1. The average molecular weight is 644 g/mol. The van der Waals surface area contributed by atoms with Crippen molar-refractivity contribution in [3.63, 3.8) is 0 Å². The zero-order chi connectivity index (χ0) is 31.5. The number of benzene rings is 2. The van der Waals surface area contributed by atoms with Gasteiger partial charge in [-0.1, -0.05) is 53.5 Å². The van der Waals surface area contributed by atoms with Crippen LogP contribution < -0.4 is 16.6 Å². The molecule has 0 radical (unpaired) electrons. The first kappa shape index (κ1) is 31.1. The van der Waals surface area contributed by atoms with Crippen LogP contribution in [-0.2, 0) is 24.3 Å². The summed E-state index contributed by atoms with van der Waals surface area (Å²) in [5.74, 6) is -0.325. The first-order chi connectivity index (χ1) is 21.0. The van der Waals surface area contributed by atoms with Crippen molar-refractivity contribution in [2.75, 3.05) is 38.5 Å². The van der Waals surface area contributed by atoms with Gasteiger partial charge in [0.25, 0.3) is 5.56 Å². The number of nitrogens with zero attached hydrogens (tertiary/aromatic N) is 5. The minimum absolute atomic E-state index is 0.0409. The molecule has 44 heavy (non-hydrogen) atoms. The third-order valence-electron chi connectivity index (χ3n) is 8.17. The van der Waals surface area contributed by atoms with E-state index < -0.39 is 17.3 Å². The maximum absolute atomic E-state index is 13.4. The van der Waals surface area contributed by atoms with Crippen LogP contribution in [0.3, 0.4) is 0 Å². The van der Waals surface area contributed by atoms with Gasteiger partial charge in [0.15, 0.2) is 0 Å². The molecule has 232 valence electrons. The Balaban J connectivity index is 1.34. The topological polar surface area (TPSA) is 137 Å². The highest BCUT2D eigenvalue weighted by Crippen LogP contribution is 2.31. The highest BCUT2D eigenvalue weighted by Gasteiger charge is 2.31. The molecule has 0 saturated carbocycles.